The van der Waals surface area contributed by atoms with Crippen LogP contribution in [0.4, 0.5) is 0 Å². The van der Waals surface area contributed by atoms with E-state index in [2.05, 4.69) is 22.9 Å². The normalized spacial score (nSPS) is 14.5. The van der Waals surface area contributed by atoms with Crippen molar-refractivity contribution < 1.29 is 19.4 Å². The standard InChI is InChI=1S/C26H27N3O4S/c1-3-17-13-22(16-29-14-19(15-29)26(30)31)34-23(17)24(27)28-25(32-2)18-9-11-21(12-10-18)33-20-7-5-4-6-8-20/h4-13,19,27H,3,14-16H2,1-2H3,(H,30,31). The summed E-state index contributed by atoms with van der Waals surface area (Å²) in [5.74, 6) is 0.964. The first-order chi connectivity index (χ1) is 16.5. The van der Waals surface area contributed by atoms with Gasteiger partial charge in [-0.3, -0.25) is 15.1 Å². The zero-order chi connectivity index (χ0) is 24.1. The molecule has 1 aliphatic rings. The average molecular weight is 478 g/mol. The van der Waals surface area contributed by atoms with Crippen LogP contribution in [0.15, 0.2) is 65.7 Å². The summed E-state index contributed by atoms with van der Waals surface area (Å²) in [7, 11) is 1.55. The van der Waals surface area contributed by atoms with Crippen molar-refractivity contribution in [3.63, 3.8) is 0 Å². The molecule has 3 aromatic rings. The molecule has 8 heteroatoms. The lowest BCUT2D eigenvalue weighted by atomic mass is 10.0. The quantitative estimate of drug-likeness (QED) is 0.350. The van der Waals surface area contributed by atoms with Gasteiger partial charge in [0, 0.05) is 30.1 Å². The topological polar surface area (TPSA) is 95.2 Å². The van der Waals surface area contributed by atoms with Gasteiger partial charge < -0.3 is 14.6 Å². The minimum atomic E-state index is -0.736. The number of thiophene rings is 1. The zero-order valence-electron chi connectivity index (χ0n) is 19.2. The number of aryl methyl sites for hydroxylation is 1. The summed E-state index contributed by atoms with van der Waals surface area (Å²) in [5, 5.41) is 17.7. The Kier molecular flexibility index (Phi) is 7.40. The molecule has 0 amide bonds. The Balaban J connectivity index is 1.46. The van der Waals surface area contributed by atoms with E-state index in [0.717, 1.165) is 33.1 Å². The van der Waals surface area contributed by atoms with Crippen molar-refractivity contribution in [2.24, 2.45) is 10.9 Å². The van der Waals surface area contributed by atoms with Crippen LogP contribution in [0.5, 0.6) is 11.5 Å². The molecule has 2 aromatic carbocycles. The molecule has 1 aliphatic heterocycles. The van der Waals surface area contributed by atoms with Gasteiger partial charge in [0.25, 0.3) is 0 Å². The molecule has 1 saturated heterocycles. The lowest BCUT2D eigenvalue weighted by molar-refractivity contribution is -0.147. The van der Waals surface area contributed by atoms with Gasteiger partial charge in [-0.15, -0.1) is 11.3 Å². The summed E-state index contributed by atoms with van der Waals surface area (Å²) >= 11 is 1.53. The molecule has 2 heterocycles. The number of amidine groups is 1. The number of para-hydroxylation sites is 1. The van der Waals surface area contributed by atoms with E-state index < -0.39 is 5.97 Å². The van der Waals surface area contributed by atoms with E-state index in [4.69, 9.17) is 20.0 Å². The highest BCUT2D eigenvalue weighted by Crippen LogP contribution is 2.28. The molecule has 0 saturated carbocycles. The summed E-state index contributed by atoms with van der Waals surface area (Å²) in [4.78, 5) is 19.5. The van der Waals surface area contributed by atoms with Crippen LogP contribution < -0.4 is 4.74 Å². The number of carboxylic acid groups (broad SMARTS) is 1. The Labute approximate surface area is 202 Å². The van der Waals surface area contributed by atoms with Crippen LogP contribution in [-0.4, -0.2) is 47.9 Å². The highest BCUT2D eigenvalue weighted by molar-refractivity contribution is 7.14. The third kappa shape index (κ3) is 5.52. The first-order valence-corrected chi connectivity index (χ1v) is 11.9. The van der Waals surface area contributed by atoms with Gasteiger partial charge in [-0.25, -0.2) is 0 Å². The van der Waals surface area contributed by atoms with E-state index in [-0.39, 0.29) is 11.8 Å². The first kappa shape index (κ1) is 23.7. The first-order valence-electron chi connectivity index (χ1n) is 11.1. The Hall–Kier alpha value is -3.49. The fraction of sp³-hybridized carbons (Fsp3) is 0.269. The SMILES string of the molecule is CCc1cc(CN2CC(C(=O)O)C2)sc1C(=N)N=C(OC)c1ccc(Oc2ccccc2)cc1. The van der Waals surface area contributed by atoms with Crippen LogP contribution in [0.1, 0.15) is 27.8 Å². The number of aliphatic carboxylic acids is 1. The number of hydrogen-bond donors (Lipinski definition) is 2. The van der Waals surface area contributed by atoms with Crippen LogP contribution in [-0.2, 0) is 22.5 Å². The average Bonchev–Trinajstić information content (AvgIpc) is 3.24. The Morgan fingerprint density at radius 2 is 1.82 bits per heavy atom. The number of methoxy groups -OCH3 is 1. The number of aliphatic imine (C=N–C) groups is 1. The fourth-order valence-corrected chi connectivity index (χ4v) is 4.96. The van der Waals surface area contributed by atoms with Gasteiger partial charge in [0.15, 0.2) is 5.84 Å². The number of hydrogen-bond acceptors (Lipinski definition) is 6. The molecule has 0 unspecified atom stereocenters. The summed E-state index contributed by atoms with van der Waals surface area (Å²) in [5.41, 5.74) is 1.81. The maximum Gasteiger partial charge on any atom is 0.309 e. The molecule has 0 spiro atoms. The number of nitrogens with one attached hydrogen (secondary N) is 1. The lowest BCUT2D eigenvalue weighted by Gasteiger charge is -2.36. The number of rotatable bonds is 8. The zero-order valence-corrected chi connectivity index (χ0v) is 20.0. The van der Waals surface area contributed by atoms with E-state index in [0.29, 0.717) is 31.3 Å². The number of benzene rings is 2. The molecule has 0 atom stereocenters. The maximum atomic E-state index is 11.0. The number of carbonyl (C=O) groups is 1. The Bertz CT molecular complexity index is 1180. The van der Waals surface area contributed by atoms with E-state index >= 15 is 0 Å². The van der Waals surface area contributed by atoms with Crippen LogP contribution in [0, 0.1) is 11.3 Å². The molecule has 0 bridgehead atoms. The lowest BCUT2D eigenvalue weighted by Crippen LogP contribution is -2.49. The number of likely N-dealkylation sites (tertiary alicyclic amines) is 1. The van der Waals surface area contributed by atoms with Gasteiger partial charge in [0.2, 0.25) is 5.90 Å². The molecule has 7 nitrogen and oxygen atoms in total. The maximum absolute atomic E-state index is 11.0. The second-order valence-electron chi connectivity index (χ2n) is 8.06. The fourth-order valence-electron chi connectivity index (χ4n) is 3.77. The predicted molar refractivity (Wildman–Crippen MR) is 133 cm³/mol. The molecule has 2 N–H and O–H groups in total. The molecule has 1 fully saturated rings. The molecule has 4 rings (SSSR count). The van der Waals surface area contributed by atoms with Crippen molar-refractivity contribution in [1.29, 1.82) is 5.41 Å². The molecular weight excluding hydrogens is 450 g/mol. The molecule has 34 heavy (non-hydrogen) atoms. The molecule has 0 radical (unpaired) electrons. The summed E-state index contributed by atoms with van der Waals surface area (Å²) in [6.45, 7) is 3.88. The van der Waals surface area contributed by atoms with E-state index in [1.54, 1.807) is 7.11 Å². The minimum Gasteiger partial charge on any atom is -0.481 e. The number of ether oxygens (including phenoxy) is 2. The van der Waals surface area contributed by atoms with Gasteiger partial charge in [-0.05, 0) is 54.4 Å². The molecule has 176 valence electrons. The van der Waals surface area contributed by atoms with Crippen molar-refractivity contribution in [2.75, 3.05) is 20.2 Å². The highest BCUT2D eigenvalue weighted by Gasteiger charge is 2.32. The number of carboxylic acids is 1. The van der Waals surface area contributed by atoms with Crippen LogP contribution in [0.3, 0.4) is 0 Å². The monoisotopic (exact) mass is 477 g/mol. The van der Waals surface area contributed by atoms with Gasteiger partial charge >= 0.3 is 5.97 Å². The van der Waals surface area contributed by atoms with E-state index in [1.807, 2.05) is 54.6 Å². The predicted octanol–water partition coefficient (Wildman–Crippen LogP) is 5.04. The molecular formula is C26H27N3O4S. The van der Waals surface area contributed by atoms with Crippen LogP contribution in [0.2, 0.25) is 0 Å². The number of nitrogens with zero attached hydrogens (tertiary/aromatic N) is 2. The van der Waals surface area contributed by atoms with Crippen LogP contribution >= 0.6 is 11.3 Å². The largest absolute Gasteiger partial charge is 0.481 e. The van der Waals surface area contributed by atoms with Gasteiger partial charge in [-0.1, -0.05) is 25.1 Å². The Morgan fingerprint density at radius 1 is 1.15 bits per heavy atom. The van der Waals surface area contributed by atoms with Crippen molar-refractivity contribution >= 4 is 29.0 Å². The smallest absolute Gasteiger partial charge is 0.309 e. The third-order valence-corrected chi connectivity index (χ3v) is 6.80. The summed E-state index contributed by atoms with van der Waals surface area (Å²) in [6, 6.07) is 19.1. The highest BCUT2D eigenvalue weighted by atomic mass is 32.1. The molecule has 1 aromatic heterocycles. The van der Waals surface area contributed by atoms with Crippen molar-refractivity contribution in [2.45, 2.75) is 19.9 Å². The van der Waals surface area contributed by atoms with E-state index in [1.165, 1.54) is 11.3 Å². The summed E-state index contributed by atoms with van der Waals surface area (Å²) in [6.07, 6.45) is 0.787. The summed E-state index contributed by atoms with van der Waals surface area (Å²) < 4.78 is 11.3. The second-order valence-corrected chi connectivity index (χ2v) is 9.20. The van der Waals surface area contributed by atoms with Gasteiger partial charge in [0.1, 0.15) is 11.5 Å². The second kappa shape index (κ2) is 10.6. The van der Waals surface area contributed by atoms with Gasteiger partial charge in [-0.2, -0.15) is 4.99 Å². The third-order valence-electron chi connectivity index (χ3n) is 5.63. The van der Waals surface area contributed by atoms with Crippen molar-refractivity contribution in [3.05, 3.63) is 81.5 Å². The van der Waals surface area contributed by atoms with Crippen LogP contribution in [0.25, 0.3) is 0 Å². The Morgan fingerprint density at radius 3 is 2.44 bits per heavy atom. The van der Waals surface area contributed by atoms with Crippen molar-refractivity contribution in [3.8, 4) is 11.5 Å². The van der Waals surface area contributed by atoms with Gasteiger partial charge in [0.05, 0.1) is 17.9 Å². The van der Waals surface area contributed by atoms with E-state index in [9.17, 15) is 4.79 Å². The van der Waals surface area contributed by atoms with Crippen molar-refractivity contribution in [1.82, 2.24) is 4.90 Å². The molecule has 0 aliphatic carbocycles. The minimum absolute atomic E-state index is 0.154.